The minimum Gasteiger partial charge on any atom is -0.481 e. The average Bonchev–Trinajstić information content (AvgIpc) is 3.20. The molecule has 1 amide bonds. The first-order valence-corrected chi connectivity index (χ1v) is 13.4. The number of halogens is 2. The molecule has 38 heavy (non-hydrogen) atoms. The smallest absolute Gasteiger partial charge is 0.305 e. The number of aromatic nitrogens is 2. The van der Waals surface area contributed by atoms with Gasteiger partial charge in [0, 0.05) is 35.5 Å². The van der Waals surface area contributed by atoms with Crippen molar-refractivity contribution >= 4 is 46.0 Å². The van der Waals surface area contributed by atoms with Gasteiger partial charge in [0.2, 0.25) is 0 Å². The highest BCUT2D eigenvalue weighted by molar-refractivity contribution is 6.35. The number of carboxylic acids is 1. The van der Waals surface area contributed by atoms with Crippen molar-refractivity contribution in [2.75, 3.05) is 6.54 Å². The van der Waals surface area contributed by atoms with E-state index in [0.29, 0.717) is 15.6 Å². The van der Waals surface area contributed by atoms with E-state index in [0.717, 1.165) is 46.1 Å². The molecule has 1 heterocycles. The Hall–Kier alpha value is -3.35. The summed E-state index contributed by atoms with van der Waals surface area (Å²) in [5.74, 6) is -1.25. The number of carboxylic acid groups (broad SMARTS) is 1. The second-order valence-electron chi connectivity index (χ2n) is 9.60. The Balaban J connectivity index is 1.79. The quantitative estimate of drug-likeness (QED) is 0.220. The van der Waals surface area contributed by atoms with E-state index >= 15 is 0 Å². The molecule has 2 atom stereocenters. The zero-order valence-corrected chi connectivity index (χ0v) is 23.2. The van der Waals surface area contributed by atoms with Gasteiger partial charge in [0.05, 0.1) is 22.7 Å². The molecule has 0 saturated carbocycles. The highest BCUT2D eigenvalue weighted by atomic mass is 35.5. The lowest BCUT2D eigenvalue weighted by Gasteiger charge is -2.27. The van der Waals surface area contributed by atoms with Crippen LogP contribution in [0.2, 0.25) is 10.0 Å². The van der Waals surface area contributed by atoms with Crippen molar-refractivity contribution in [1.82, 2.24) is 15.1 Å². The number of rotatable bonds is 10. The summed E-state index contributed by atoms with van der Waals surface area (Å²) in [4.78, 5) is 23.3. The van der Waals surface area contributed by atoms with Crippen LogP contribution in [-0.2, 0) is 11.8 Å². The lowest BCUT2D eigenvalue weighted by atomic mass is 9.76. The van der Waals surface area contributed by atoms with E-state index in [2.05, 4.69) is 30.4 Å². The third-order valence-corrected chi connectivity index (χ3v) is 7.36. The number of nitrogens with zero attached hydrogens (tertiary/aromatic N) is 2. The molecule has 0 fully saturated rings. The van der Waals surface area contributed by atoms with Gasteiger partial charge in [-0.15, -0.1) is 0 Å². The summed E-state index contributed by atoms with van der Waals surface area (Å²) < 4.78 is 1.85. The molecule has 0 aliphatic rings. The number of aliphatic carboxylic acids is 1. The second-order valence-corrected chi connectivity index (χ2v) is 10.4. The van der Waals surface area contributed by atoms with Crippen LogP contribution in [0, 0.1) is 6.92 Å². The summed E-state index contributed by atoms with van der Waals surface area (Å²) in [6.07, 6.45) is 1.73. The molecule has 1 aromatic heterocycles. The molecule has 0 saturated heterocycles. The Kier molecular flexibility index (Phi) is 8.75. The molecule has 0 aliphatic heterocycles. The fourth-order valence-electron chi connectivity index (χ4n) is 5.11. The minimum absolute atomic E-state index is 0.0719. The fourth-order valence-corrected chi connectivity index (χ4v) is 5.63. The monoisotopic (exact) mass is 551 g/mol. The third kappa shape index (κ3) is 6.03. The van der Waals surface area contributed by atoms with Crippen molar-refractivity contribution in [2.45, 2.75) is 44.9 Å². The predicted octanol–water partition coefficient (Wildman–Crippen LogP) is 7.11. The van der Waals surface area contributed by atoms with E-state index in [9.17, 15) is 9.59 Å². The first-order valence-electron chi connectivity index (χ1n) is 12.7. The van der Waals surface area contributed by atoms with E-state index in [1.54, 1.807) is 12.1 Å². The molecular formula is C30H31Cl2N3O3. The summed E-state index contributed by atoms with van der Waals surface area (Å²) in [6, 6.07) is 19.6. The molecule has 2 N–H and O–H groups in total. The van der Waals surface area contributed by atoms with Crippen LogP contribution in [0.1, 0.15) is 70.8 Å². The number of aryl methyl sites for hydroxylation is 2. The highest BCUT2D eigenvalue weighted by Gasteiger charge is 2.31. The number of benzene rings is 3. The molecular weight excluding hydrogens is 521 g/mol. The second kappa shape index (κ2) is 12.0. The van der Waals surface area contributed by atoms with Crippen LogP contribution in [0.5, 0.6) is 0 Å². The van der Waals surface area contributed by atoms with Gasteiger partial charge in [-0.3, -0.25) is 14.3 Å². The Morgan fingerprint density at radius 1 is 1.03 bits per heavy atom. The maximum atomic E-state index is 12.5. The number of carbonyl (C=O) groups is 2. The predicted molar refractivity (Wildman–Crippen MR) is 152 cm³/mol. The fraction of sp³-hybridized carbons (Fsp3) is 0.300. The van der Waals surface area contributed by atoms with E-state index in [-0.39, 0.29) is 30.7 Å². The van der Waals surface area contributed by atoms with Crippen molar-refractivity contribution in [1.29, 1.82) is 0 Å². The van der Waals surface area contributed by atoms with Crippen LogP contribution in [-0.4, -0.2) is 33.3 Å². The van der Waals surface area contributed by atoms with Crippen LogP contribution in [0.4, 0.5) is 0 Å². The number of fused-ring (bicyclic) bond motifs is 1. The van der Waals surface area contributed by atoms with E-state index in [4.69, 9.17) is 33.4 Å². The zero-order chi connectivity index (χ0) is 27.4. The molecule has 8 heteroatoms. The largest absolute Gasteiger partial charge is 0.481 e. The molecule has 2 unspecified atom stereocenters. The normalized spacial score (nSPS) is 12.9. The SMILES string of the molecule is CCCC(c1ccc(C(=O)NCCC(=O)O)cc1)C(c1ccc(Cl)cc1)c1nn(C)c2c(Cl)cc(C)cc12. The number of carbonyl (C=O) groups excluding carboxylic acids is 1. The average molecular weight is 553 g/mol. The highest BCUT2D eigenvalue weighted by Crippen LogP contribution is 2.44. The molecule has 0 spiro atoms. The Morgan fingerprint density at radius 3 is 2.32 bits per heavy atom. The minimum atomic E-state index is -0.949. The molecule has 0 bridgehead atoms. The van der Waals surface area contributed by atoms with Gasteiger partial charge in [-0.05, 0) is 72.4 Å². The van der Waals surface area contributed by atoms with E-state index in [1.165, 1.54) is 0 Å². The van der Waals surface area contributed by atoms with Gasteiger partial charge in [0.25, 0.3) is 5.91 Å². The Bertz CT molecular complexity index is 1450. The van der Waals surface area contributed by atoms with Gasteiger partial charge in [-0.1, -0.05) is 60.8 Å². The maximum absolute atomic E-state index is 12.5. The van der Waals surface area contributed by atoms with E-state index < -0.39 is 5.97 Å². The van der Waals surface area contributed by atoms with Crippen LogP contribution in [0.3, 0.4) is 0 Å². The van der Waals surface area contributed by atoms with Gasteiger partial charge >= 0.3 is 5.97 Å². The molecule has 4 rings (SSSR count). The topological polar surface area (TPSA) is 84.2 Å². The van der Waals surface area contributed by atoms with Crippen molar-refractivity contribution in [3.8, 4) is 0 Å². The van der Waals surface area contributed by atoms with Crippen molar-refractivity contribution in [2.24, 2.45) is 7.05 Å². The van der Waals surface area contributed by atoms with Gasteiger partial charge < -0.3 is 10.4 Å². The van der Waals surface area contributed by atoms with Crippen LogP contribution in [0.25, 0.3) is 10.9 Å². The first kappa shape index (κ1) is 27.7. The molecule has 4 aromatic rings. The Labute approximate surface area is 232 Å². The standard InChI is InChI=1S/C30H31Cl2N3O3/c1-4-5-23(19-6-8-21(9-7-19)30(38)33-15-14-26(36)37)27(20-10-12-22(31)13-11-20)28-24-16-18(2)17-25(32)29(24)35(3)34-28/h6-13,16-17,23,27H,4-5,14-15H2,1-3H3,(H,33,38)(H,36,37). The van der Waals surface area contributed by atoms with Crippen LogP contribution in [0.15, 0.2) is 60.7 Å². The summed E-state index contributed by atoms with van der Waals surface area (Å²) in [6.45, 7) is 4.28. The molecule has 0 radical (unpaired) electrons. The zero-order valence-electron chi connectivity index (χ0n) is 21.7. The Morgan fingerprint density at radius 2 is 1.68 bits per heavy atom. The number of hydrogen-bond donors (Lipinski definition) is 2. The third-order valence-electron chi connectivity index (χ3n) is 6.82. The first-order chi connectivity index (χ1) is 18.2. The summed E-state index contributed by atoms with van der Waals surface area (Å²) in [5.41, 5.74) is 5.59. The van der Waals surface area contributed by atoms with Gasteiger partial charge in [0.15, 0.2) is 0 Å². The van der Waals surface area contributed by atoms with Crippen LogP contribution >= 0.6 is 23.2 Å². The molecule has 6 nitrogen and oxygen atoms in total. The lowest BCUT2D eigenvalue weighted by Crippen LogP contribution is -2.26. The van der Waals surface area contributed by atoms with Gasteiger partial charge in [0.1, 0.15) is 0 Å². The summed E-state index contributed by atoms with van der Waals surface area (Å²) in [5, 5.41) is 18.8. The van der Waals surface area contributed by atoms with Gasteiger partial charge in [-0.2, -0.15) is 5.10 Å². The van der Waals surface area contributed by atoms with E-state index in [1.807, 2.05) is 49.0 Å². The van der Waals surface area contributed by atoms with Crippen molar-refractivity contribution in [3.63, 3.8) is 0 Å². The summed E-state index contributed by atoms with van der Waals surface area (Å²) in [7, 11) is 1.92. The van der Waals surface area contributed by atoms with Crippen molar-refractivity contribution in [3.05, 3.63) is 98.7 Å². The maximum Gasteiger partial charge on any atom is 0.305 e. The molecule has 198 valence electrons. The van der Waals surface area contributed by atoms with Crippen molar-refractivity contribution < 1.29 is 14.7 Å². The molecule has 3 aromatic carbocycles. The number of hydrogen-bond acceptors (Lipinski definition) is 3. The molecule has 0 aliphatic carbocycles. The van der Waals surface area contributed by atoms with Gasteiger partial charge in [-0.25, -0.2) is 0 Å². The van der Waals surface area contributed by atoms with Crippen LogP contribution < -0.4 is 5.32 Å². The number of nitrogens with one attached hydrogen (secondary N) is 1. The number of amides is 1. The lowest BCUT2D eigenvalue weighted by molar-refractivity contribution is -0.136. The summed E-state index contributed by atoms with van der Waals surface area (Å²) >= 11 is 12.9.